The minimum Gasteiger partial charge on any atom is -0.401 e. The molecule has 0 atom stereocenters. The predicted molar refractivity (Wildman–Crippen MR) is 130 cm³/mol. The van der Waals surface area contributed by atoms with Crippen molar-refractivity contribution in [2.75, 3.05) is 0 Å². The number of nitrogens with one attached hydrogen (secondary N) is 2. The van der Waals surface area contributed by atoms with Gasteiger partial charge < -0.3 is 16.4 Å². The van der Waals surface area contributed by atoms with Crippen LogP contribution in [0.15, 0.2) is 11.9 Å². The number of nitrogens with two attached hydrogens (primary N) is 1. The third-order valence-electron chi connectivity index (χ3n) is 6.78. The van der Waals surface area contributed by atoms with Crippen LogP contribution in [0, 0.1) is 5.92 Å². The Balaban J connectivity index is 0.00000103. The molecule has 0 spiro atoms. The first-order valence-electron chi connectivity index (χ1n) is 12.7. The molecular formula is C26H51N3O. The number of unbranched alkanes of at least 4 members (excludes halogenated alkanes) is 4. The number of allylic oxidation sites excluding steroid dienone is 1. The monoisotopic (exact) mass is 421 g/mol. The van der Waals surface area contributed by atoms with Crippen LogP contribution in [0.2, 0.25) is 0 Å². The van der Waals surface area contributed by atoms with Gasteiger partial charge >= 0.3 is 0 Å². The first-order valence-corrected chi connectivity index (χ1v) is 12.7. The molecule has 0 aromatic rings. The van der Waals surface area contributed by atoms with Crippen LogP contribution in [0.1, 0.15) is 125 Å². The van der Waals surface area contributed by atoms with Gasteiger partial charge in [0.25, 0.3) is 0 Å². The highest BCUT2D eigenvalue weighted by molar-refractivity contribution is 5.80. The molecule has 0 amide bonds. The maximum atomic E-state index is 11.6. The van der Waals surface area contributed by atoms with E-state index in [1.165, 1.54) is 44.9 Å². The van der Waals surface area contributed by atoms with Crippen molar-refractivity contribution in [2.24, 2.45) is 11.7 Å². The Labute approximate surface area is 187 Å². The molecule has 176 valence electrons. The van der Waals surface area contributed by atoms with E-state index in [1.807, 2.05) is 13.8 Å². The molecule has 4 nitrogen and oxygen atoms in total. The van der Waals surface area contributed by atoms with Gasteiger partial charge in [0.15, 0.2) is 0 Å². The molecule has 2 fully saturated rings. The number of carbonyl (C=O) groups excluding carboxylic acids is 1. The van der Waals surface area contributed by atoms with Crippen molar-refractivity contribution in [1.82, 2.24) is 10.6 Å². The Morgan fingerprint density at radius 2 is 1.43 bits per heavy atom. The Hall–Kier alpha value is -1.03. The summed E-state index contributed by atoms with van der Waals surface area (Å²) in [4.78, 5) is 11.6. The average Bonchev–Trinajstić information content (AvgIpc) is 3.24. The third kappa shape index (κ3) is 9.41. The van der Waals surface area contributed by atoms with Gasteiger partial charge in [0.2, 0.25) is 0 Å². The predicted octanol–water partition coefficient (Wildman–Crippen LogP) is 6.20. The fourth-order valence-corrected chi connectivity index (χ4v) is 4.80. The number of carbonyl (C=O) groups is 1. The smallest absolute Gasteiger partial charge is 0.135 e. The van der Waals surface area contributed by atoms with Crippen molar-refractivity contribution in [3.8, 4) is 0 Å². The summed E-state index contributed by atoms with van der Waals surface area (Å²) in [7, 11) is 0. The van der Waals surface area contributed by atoms with E-state index in [1.54, 1.807) is 0 Å². The summed E-state index contributed by atoms with van der Waals surface area (Å²) in [6, 6.07) is 0.556. The number of hydrogen-bond donors (Lipinski definition) is 3. The molecule has 0 aromatic heterocycles. The molecular weight excluding hydrogens is 370 g/mol. The first-order chi connectivity index (χ1) is 14.2. The maximum absolute atomic E-state index is 11.6. The molecule has 2 aliphatic carbocycles. The summed E-state index contributed by atoms with van der Waals surface area (Å²) in [5, 5.41) is 7.50. The van der Waals surface area contributed by atoms with Crippen LogP contribution in [0.4, 0.5) is 0 Å². The van der Waals surface area contributed by atoms with E-state index < -0.39 is 0 Å². The van der Waals surface area contributed by atoms with Crippen LogP contribution < -0.4 is 16.4 Å². The quantitative estimate of drug-likeness (QED) is 0.310. The van der Waals surface area contributed by atoms with Crippen LogP contribution in [0.3, 0.4) is 0 Å². The van der Waals surface area contributed by atoms with Crippen LogP contribution in [-0.4, -0.2) is 22.9 Å². The molecule has 0 aromatic carbocycles. The summed E-state index contributed by atoms with van der Waals surface area (Å²) < 4.78 is 0. The maximum Gasteiger partial charge on any atom is 0.135 e. The van der Waals surface area contributed by atoms with Gasteiger partial charge in [0.05, 0.1) is 0 Å². The minimum absolute atomic E-state index is 0.180. The molecule has 0 saturated heterocycles. The Morgan fingerprint density at radius 1 is 0.900 bits per heavy atom. The zero-order valence-corrected chi connectivity index (χ0v) is 20.9. The van der Waals surface area contributed by atoms with Crippen molar-refractivity contribution in [2.45, 2.75) is 142 Å². The number of Topliss-reactive ketones (excluding diaryl/α,β-unsaturated/α-hetero) is 1. The van der Waals surface area contributed by atoms with Crippen LogP contribution in [-0.2, 0) is 4.79 Å². The van der Waals surface area contributed by atoms with E-state index in [4.69, 9.17) is 5.73 Å². The highest BCUT2D eigenvalue weighted by Crippen LogP contribution is 2.50. The van der Waals surface area contributed by atoms with Crippen LogP contribution in [0.5, 0.6) is 0 Å². The van der Waals surface area contributed by atoms with Gasteiger partial charge in [-0.3, -0.25) is 4.79 Å². The zero-order chi connectivity index (χ0) is 22.6. The van der Waals surface area contributed by atoms with Gasteiger partial charge in [0, 0.05) is 41.4 Å². The van der Waals surface area contributed by atoms with Gasteiger partial charge in [0.1, 0.15) is 5.78 Å². The highest BCUT2D eigenvalue weighted by atomic mass is 16.1. The van der Waals surface area contributed by atoms with Gasteiger partial charge in [-0.25, -0.2) is 0 Å². The summed E-state index contributed by atoms with van der Waals surface area (Å²) in [5.41, 5.74) is 7.82. The van der Waals surface area contributed by atoms with E-state index in [-0.39, 0.29) is 11.5 Å². The minimum atomic E-state index is 0.180. The number of hydrogen-bond acceptors (Lipinski definition) is 4. The van der Waals surface area contributed by atoms with Crippen LogP contribution in [0.25, 0.3) is 0 Å². The van der Waals surface area contributed by atoms with E-state index in [0.717, 1.165) is 44.2 Å². The Kier molecular flexibility index (Phi) is 12.1. The van der Waals surface area contributed by atoms with Gasteiger partial charge in [-0.2, -0.15) is 0 Å². The second-order valence-electron chi connectivity index (χ2n) is 10.4. The van der Waals surface area contributed by atoms with Crippen molar-refractivity contribution in [3.63, 3.8) is 0 Å². The topological polar surface area (TPSA) is 67.2 Å². The summed E-state index contributed by atoms with van der Waals surface area (Å²) in [6.45, 7) is 12.8. The molecule has 0 heterocycles. The van der Waals surface area contributed by atoms with Crippen molar-refractivity contribution >= 4 is 5.78 Å². The van der Waals surface area contributed by atoms with E-state index >= 15 is 0 Å². The van der Waals surface area contributed by atoms with Crippen molar-refractivity contribution in [3.05, 3.63) is 11.9 Å². The lowest BCUT2D eigenvalue weighted by molar-refractivity contribution is -0.122. The molecule has 4 heteroatoms. The molecule has 30 heavy (non-hydrogen) atoms. The lowest BCUT2D eigenvalue weighted by Gasteiger charge is -2.30. The molecule has 0 unspecified atom stereocenters. The summed E-state index contributed by atoms with van der Waals surface area (Å²) in [5.74, 6) is 0.573. The normalized spacial score (nSPS) is 25.5. The number of rotatable bonds is 13. The van der Waals surface area contributed by atoms with Crippen molar-refractivity contribution < 1.29 is 4.79 Å². The molecule has 4 N–H and O–H groups in total. The van der Waals surface area contributed by atoms with E-state index in [2.05, 4.69) is 44.5 Å². The van der Waals surface area contributed by atoms with E-state index in [0.29, 0.717) is 17.4 Å². The van der Waals surface area contributed by atoms with Crippen LogP contribution >= 0.6 is 0 Å². The fourth-order valence-electron chi connectivity index (χ4n) is 4.80. The van der Waals surface area contributed by atoms with Crippen molar-refractivity contribution in [1.29, 1.82) is 0 Å². The molecule has 2 rings (SSSR count). The zero-order valence-electron chi connectivity index (χ0n) is 20.9. The molecule has 0 aliphatic heterocycles. The average molecular weight is 422 g/mol. The summed E-state index contributed by atoms with van der Waals surface area (Å²) >= 11 is 0. The van der Waals surface area contributed by atoms with Gasteiger partial charge in [-0.1, -0.05) is 67.2 Å². The SMILES string of the molecule is CC(C)NC12CCC(N/C=C(\N)CCCCCCC(=O)C(C)C)(CC1)C2.CCCC. The Morgan fingerprint density at radius 3 is 1.93 bits per heavy atom. The highest BCUT2D eigenvalue weighted by Gasteiger charge is 2.53. The molecule has 0 radical (unpaired) electrons. The number of fused-ring (bicyclic) bond motifs is 2. The lowest BCUT2D eigenvalue weighted by Crippen LogP contribution is -2.45. The Bertz CT molecular complexity index is 514. The first kappa shape index (κ1) is 27.0. The van der Waals surface area contributed by atoms with E-state index in [9.17, 15) is 4.79 Å². The van der Waals surface area contributed by atoms with Gasteiger partial charge in [-0.15, -0.1) is 0 Å². The standard InChI is InChI=1S/C22H41N3O.C4H10/c1-17(2)20(26)10-8-6-5-7-9-19(23)15-24-21-11-13-22(16-21,14-12-21)25-18(3)4;1-3-4-2/h15,17-18,24-25H,5-14,16,23H2,1-4H3;3-4H2,1-2H3/b19-15-;. The van der Waals surface area contributed by atoms with Gasteiger partial charge in [-0.05, 0) is 51.4 Å². The molecule has 2 bridgehead atoms. The summed E-state index contributed by atoms with van der Waals surface area (Å²) in [6.07, 6.45) is 17.1. The second-order valence-corrected chi connectivity index (χ2v) is 10.4. The molecule has 2 saturated carbocycles. The largest absolute Gasteiger partial charge is 0.401 e. The third-order valence-corrected chi connectivity index (χ3v) is 6.78. The molecule has 2 aliphatic rings. The lowest BCUT2D eigenvalue weighted by atomic mass is 9.91. The number of ketones is 1. The fraction of sp³-hybridized carbons (Fsp3) is 0.885. The second kappa shape index (κ2) is 13.4.